The predicted octanol–water partition coefficient (Wildman–Crippen LogP) is 2.37. The van der Waals surface area contributed by atoms with Crippen molar-refractivity contribution in [2.75, 3.05) is 11.1 Å². The minimum atomic E-state index is -0.201. The SMILES string of the molecule is O=C(C[S])Nc1ccc2ccccc2n1. The zero-order chi connectivity index (χ0) is 10.7. The van der Waals surface area contributed by atoms with Gasteiger partial charge in [0.1, 0.15) is 5.82 Å². The molecule has 0 atom stereocenters. The minimum Gasteiger partial charge on any atom is -0.310 e. The van der Waals surface area contributed by atoms with Gasteiger partial charge < -0.3 is 5.32 Å². The highest BCUT2D eigenvalue weighted by molar-refractivity contribution is 7.81. The van der Waals surface area contributed by atoms with Crippen LogP contribution in [-0.2, 0) is 4.79 Å². The third-order valence-corrected chi connectivity index (χ3v) is 2.26. The van der Waals surface area contributed by atoms with Crippen LogP contribution in [0.25, 0.3) is 10.9 Å². The predicted molar refractivity (Wildman–Crippen MR) is 62.8 cm³/mol. The zero-order valence-electron chi connectivity index (χ0n) is 7.93. The molecule has 0 saturated carbocycles. The summed E-state index contributed by atoms with van der Waals surface area (Å²) in [4.78, 5) is 15.3. The second-order valence-electron chi connectivity index (χ2n) is 3.08. The summed E-state index contributed by atoms with van der Waals surface area (Å²) in [5, 5.41) is 3.68. The molecular weight excluding hydrogens is 208 g/mol. The quantitative estimate of drug-likeness (QED) is 0.839. The molecule has 0 saturated heterocycles. The van der Waals surface area contributed by atoms with E-state index in [0.717, 1.165) is 10.9 Å². The maximum Gasteiger partial charge on any atom is 0.236 e. The van der Waals surface area contributed by atoms with Crippen molar-refractivity contribution in [3.8, 4) is 0 Å². The van der Waals surface area contributed by atoms with E-state index in [9.17, 15) is 4.79 Å². The third-order valence-electron chi connectivity index (χ3n) is 2.00. The Hall–Kier alpha value is -1.55. The van der Waals surface area contributed by atoms with Gasteiger partial charge in [0.05, 0.1) is 11.3 Å². The van der Waals surface area contributed by atoms with E-state index >= 15 is 0 Å². The van der Waals surface area contributed by atoms with E-state index < -0.39 is 0 Å². The first kappa shape index (κ1) is 9.98. The van der Waals surface area contributed by atoms with Gasteiger partial charge in [0, 0.05) is 5.39 Å². The van der Waals surface area contributed by atoms with Crippen LogP contribution in [-0.4, -0.2) is 16.6 Å². The van der Waals surface area contributed by atoms with Crippen LogP contribution < -0.4 is 5.32 Å². The van der Waals surface area contributed by atoms with E-state index in [0.29, 0.717) is 5.82 Å². The second-order valence-corrected chi connectivity index (χ2v) is 3.37. The van der Waals surface area contributed by atoms with Crippen LogP contribution in [0.1, 0.15) is 0 Å². The van der Waals surface area contributed by atoms with Gasteiger partial charge in [-0.05, 0) is 18.2 Å². The lowest BCUT2D eigenvalue weighted by molar-refractivity contribution is -0.113. The number of hydrogen-bond acceptors (Lipinski definition) is 2. The molecule has 1 amide bonds. The number of nitrogens with zero attached hydrogens (tertiary/aromatic N) is 1. The molecule has 0 aliphatic carbocycles. The van der Waals surface area contributed by atoms with Gasteiger partial charge in [0.2, 0.25) is 5.91 Å². The first-order valence-electron chi connectivity index (χ1n) is 4.53. The number of carbonyl (C=O) groups is 1. The molecule has 0 fully saturated rings. The van der Waals surface area contributed by atoms with Crippen molar-refractivity contribution in [3.63, 3.8) is 0 Å². The molecule has 1 heterocycles. The van der Waals surface area contributed by atoms with Crippen LogP contribution in [0.5, 0.6) is 0 Å². The highest BCUT2D eigenvalue weighted by Crippen LogP contribution is 2.14. The fourth-order valence-electron chi connectivity index (χ4n) is 1.31. The van der Waals surface area contributed by atoms with Gasteiger partial charge in [-0.15, -0.1) is 0 Å². The lowest BCUT2D eigenvalue weighted by Gasteiger charge is -2.03. The number of pyridine rings is 1. The number of hydrogen-bond donors (Lipinski definition) is 1. The maximum atomic E-state index is 11.1. The topological polar surface area (TPSA) is 42.0 Å². The highest BCUT2D eigenvalue weighted by Gasteiger charge is 2.01. The van der Waals surface area contributed by atoms with Crippen LogP contribution in [0, 0.1) is 0 Å². The largest absolute Gasteiger partial charge is 0.310 e. The Balaban J connectivity index is 2.34. The number of anilines is 1. The van der Waals surface area contributed by atoms with Crippen molar-refractivity contribution in [2.24, 2.45) is 0 Å². The molecule has 0 spiro atoms. The van der Waals surface area contributed by atoms with Gasteiger partial charge >= 0.3 is 0 Å². The lowest BCUT2D eigenvalue weighted by atomic mass is 10.2. The first-order valence-corrected chi connectivity index (χ1v) is 5.11. The minimum absolute atomic E-state index is 0.0501. The summed E-state index contributed by atoms with van der Waals surface area (Å²) < 4.78 is 0. The monoisotopic (exact) mass is 217 g/mol. The van der Waals surface area contributed by atoms with E-state index in [4.69, 9.17) is 0 Å². The van der Waals surface area contributed by atoms with E-state index in [2.05, 4.69) is 22.9 Å². The summed E-state index contributed by atoms with van der Waals surface area (Å²) in [5.41, 5.74) is 0.861. The molecule has 1 radical (unpaired) electrons. The van der Waals surface area contributed by atoms with Crippen molar-refractivity contribution < 1.29 is 4.79 Å². The average molecular weight is 217 g/mol. The Morgan fingerprint density at radius 1 is 1.27 bits per heavy atom. The lowest BCUT2D eigenvalue weighted by Crippen LogP contribution is -2.13. The van der Waals surface area contributed by atoms with Crippen molar-refractivity contribution in [3.05, 3.63) is 36.4 Å². The van der Waals surface area contributed by atoms with Crippen molar-refractivity contribution in [1.29, 1.82) is 0 Å². The van der Waals surface area contributed by atoms with Gasteiger partial charge in [-0.3, -0.25) is 4.79 Å². The Labute approximate surface area is 92.9 Å². The van der Waals surface area contributed by atoms with Gasteiger partial charge in [-0.1, -0.05) is 30.8 Å². The van der Waals surface area contributed by atoms with Gasteiger partial charge in [0.25, 0.3) is 0 Å². The molecule has 2 aromatic rings. The Morgan fingerprint density at radius 3 is 2.87 bits per heavy atom. The molecule has 4 heteroatoms. The molecule has 0 unspecified atom stereocenters. The number of nitrogens with one attached hydrogen (secondary N) is 1. The molecule has 1 aromatic heterocycles. The van der Waals surface area contributed by atoms with Gasteiger partial charge in [-0.25, -0.2) is 4.98 Å². The fourth-order valence-corrected chi connectivity index (χ4v) is 1.39. The van der Waals surface area contributed by atoms with E-state index in [-0.39, 0.29) is 11.7 Å². The van der Waals surface area contributed by atoms with E-state index in [1.54, 1.807) is 6.07 Å². The third kappa shape index (κ3) is 2.27. The van der Waals surface area contributed by atoms with Gasteiger partial charge in [-0.2, -0.15) is 0 Å². The average Bonchev–Trinajstić information content (AvgIpc) is 2.29. The molecule has 15 heavy (non-hydrogen) atoms. The molecule has 1 N–H and O–H groups in total. The first-order chi connectivity index (χ1) is 7.29. The molecular formula is C11H9N2OS. The molecule has 0 aliphatic heterocycles. The van der Waals surface area contributed by atoms with Gasteiger partial charge in [0.15, 0.2) is 0 Å². The van der Waals surface area contributed by atoms with Crippen LogP contribution in [0.3, 0.4) is 0 Å². The maximum absolute atomic E-state index is 11.1. The van der Waals surface area contributed by atoms with Crippen LogP contribution in [0.2, 0.25) is 0 Å². The van der Waals surface area contributed by atoms with Crippen LogP contribution in [0.4, 0.5) is 5.82 Å². The number of rotatable bonds is 2. The molecule has 0 bridgehead atoms. The summed E-state index contributed by atoms with van der Waals surface area (Å²) >= 11 is 4.63. The molecule has 2 rings (SSSR count). The molecule has 0 aliphatic rings. The van der Waals surface area contributed by atoms with E-state index in [1.165, 1.54) is 0 Å². The number of aromatic nitrogens is 1. The van der Waals surface area contributed by atoms with Crippen molar-refractivity contribution in [2.45, 2.75) is 0 Å². The summed E-state index contributed by atoms with van der Waals surface area (Å²) in [6.45, 7) is 0. The standard InChI is InChI=1S/C11H9N2OS/c14-11(7-15)13-10-6-5-8-3-1-2-4-9(8)12-10/h1-6H,7H2,(H,12,13,14). The fraction of sp³-hybridized carbons (Fsp3) is 0.0909. The van der Waals surface area contributed by atoms with Crippen LogP contribution >= 0.6 is 12.6 Å². The highest BCUT2D eigenvalue weighted by atomic mass is 32.1. The Morgan fingerprint density at radius 2 is 2.07 bits per heavy atom. The van der Waals surface area contributed by atoms with Crippen LogP contribution in [0.15, 0.2) is 36.4 Å². The molecule has 3 nitrogen and oxygen atoms in total. The van der Waals surface area contributed by atoms with Crippen molar-refractivity contribution >= 4 is 35.3 Å². The Kier molecular flexibility index (Phi) is 2.87. The normalized spacial score (nSPS) is 10.2. The number of carbonyl (C=O) groups excluding carboxylic acids is 1. The summed E-state index contributed by atoms with van der Waals surface area (Å²) in [5.74, 6) is 0.394. The second kappa shape index (κ2) is 4.31. The smallest absolute Gasteiger partial charge is 0.236 e. The zero-order valence-corrected chi connectivity index (χ0v) is 8.75. The molecule has 75 valence electrons. The summed E-state index contributed by atoms with van der Waals surface area (Å²) in [6.07, 6.45) is 0. The number of fused-ring (bicyclic) bond motifs is 1. The number of para-hydroxylation sites is 1. The van der Waals surface area contributed by atoms with E-state index in [1.807, 2.05) is 30.3 Å². The van der Waals surface area contributed by atoms with Crippen molar-refractivity contribution in [1.82, 2.24) is 4.98 Å². The summed E-state index contributed by atoms with van der Waals surface area (Å²) in [6, 6.07) is 11.4. The Bertz CT molecular complexity index is 499. The number of benzene rings is 1. The molecule has 1 aromatic carbocycles. The summed E-state index contributed by atoms with van der Waals surface area (Å²) in [7, 11) is 0. The number of amides is 1.